The first-order chi connectivity index (χ1) is 14.1. The van der Waals surface area contributed by atoms with Gasteiger partial charge in [-0.3, -0.25) is 19.0 Å². The van der Waals surface area contributed by atoms with Gasteiger partial charge in [-0.15, -0.1) is 0 Å². The third-order valence-corrected chi connectivity index (χ3v) is 4.43. The van der Waals surface area contributed by atoms with E-state index in [4.69, 9.17) is 0 Å². The zero-order valence-electron chi connectivity index (χ0n) is 15.8. The van der Waals surface area contributed by atoms with E-state index in [2.05, 4.69) is 20.6 Å². The fourth-order valence-corrected chi connectivity index (χ4v) is 2.94. The van der Waals surface area contributed by atoms with Crippen molar-refractivity contribution in [1.82, 2.24) is 19.7 Å². The van der Waals surface area contributed by atoms with E-state index in [1.807, 2.05) is 49.4 Å². The highest BCUT2D eigenvalue weighted by atomic mass is 16.2. The summed E-state index contributed by atoms with van der Waals surface area (Å²) in [7, 11) is 0. The predicted molar refractivity (Wildman–Crippen MR) is 110 cm³/mol. The average Bonchev–Trinajstić information content (AvgIpc) is 3.14. The number of hydrogen-bond donors (Lipinski definition) is 2. The molecule has 144 valence electrons. The molecule has 2 amide bonds. The van der Waals surface area contributed by atoms with E-state index in [0.717, 1.165) is 11.3 Å². The average molecular weight is 385 g/mol. The number of rotatable bonds is 5. The standard InChI is InChI=1S/C22H19N5O2/c1-15-8-10-16(11-9-15)25-21(28)19-18-7-3-5-13-27(18)20(26-19)22(29)24-14-17-6-2-4-12-23-17/h2-13H,14H2,1H3,(H,24,29)(H,25,28). The van der Waals surface area contributed by atoms with Crippen molar-refractivity contribution in [2.24, 2.45) is 0 Å². The third-order valence-electron chi connectivity index (χ3n) is 4.43. The van der Waals surface area contributed by atoms with Crippen molar-refractivity contribution in [2.75, 3.05) is 5.32 Å². The molecule has 7 nitrogen and oxygen atoms in total. The number of carbonyl (C=O) groups is 2. The van der Waals surface area contributed by atoms with Crippen LogP contribution >= 0.6 is 0 Å². The van der Waals surface area contributed by atoms with Gasteiger partial charge in [-0.25, -0.2) is 4.98 Å². The Labute approximate surface area is 167 Å². The lowest BCUT2D eigenvalue weighted by Crippen LogP contribution is -2.25. The highest BCUT2D eigenvalue weighted by molar-refractivity contribution is 6.08. The summed E-state index contributed by atoms with van der Waals surface area (Å²) in [5.41, 5.74) is 3.24. The van der Waals surface area contributed by atoms with Gasteiger partial charge in [-0.2, -0.15) is 0 Å². The largest absolute Gasteiger partial charge is 0.344 e. The van der Waals surface area contributed by atoms with Gasteiger partial charge < -0.3 is 10.6 Å². The molecule has 0 spiro atoms. The van der Waals surface area contributed by atoms with Crippen LogP contribution in [0.4, 0.5) is 5.69 Å². The van der Waals surface area contributed by atoms with Crippen molar-refractivity contribution < 1.29 is 9.59 Å². The van der Waals surface area contributed by atoms with Gasteiger partial charge in [0, 0.05) is 18.1 Å². The molecule has 0 saturated heterocycles. The fourth-order valence-electron chi connectivity index (χ4n) is 2.94. The van der Waals surface area contributed by atoms with Crippen LogP contribution in [0.1, 0.15) is 32.4 Å². The molecule has 0 bridgehead atoms. The van der Waals surface area contributed by atoms with Crippen LogP contribution in [-0.4, -0.2) is 26.2 Å². The van der Waals surface area contributed by atoms with E-state index in [-0.39, 0.29) is 29.9 Å². The number of aryl methyl sites for hydroxylation is 1. The van der Waals surface area contributed by atoms with E-state index < -0.39 is 0 Å². The Hall–Kier alpha value is -4.00. The molecule has 4 rings (SSSR count). The molecule has 0 fully saturated rings. The molecule has 3 heterocycles. The van der Waals surface area contributed by atoms with Gasteiger partial charge in [-0.1, -0.05) is 29.8 Å². The molecular weight excluding hydrogens is 366 g/mol. The van der Waals surface area contributed by atoms with Gasteiger partial charge in [0.25, 0.3) is 11.8 Å². The van der Waals surface area contributed by atoms with Crippen molar-refractivity contribution in [3.05, 3.63) is 95.8 Å². The second kappa shape index (κ2) is 7.93. The Morgan fingerprint density at radius 3 is 2.52 bits per heavy atom. The number of fused-ring (bicyclic) bond motifs is 1. The molecule has 1 aromatic carbocycles. The molecule has 0 aliphatic carbocycles. The van der Waals surface area contributed by atoms with Crippen LogP contribution in [0.2, 0.25) is 0 Å². The second-order valence-corrected chi connectivity index (χ2v) is 6.56. The van der Waals surface area contributed by atoms with Crippen molar-refractivity contribution in [2.45, 2.75) is 13.5 Å². The normalized spacial score (nSPS) is 10.7. The third kappa shape index (κ3) is 3.98. The maximum atomic E-state index is 12.8. The lowest BCUT2D eigenvalue weighted by Gasteiger charge is -2.04. The molecule has 0 radical (unpaired) electrons. The lowest BCUT2D eigenvalue weighted by molar-refractivity contribution is 0.0939. The number of hydrogen-bond acceptors (Lipinski definition) is 4. The number of carbonyl (C=O) groups excluding carboxylic acids is 2. The van der Waals surface area contributed by atoms with Gasteiger partial charge in [0.05, 0.1) is 17.8 Å². The van der Waals surface area contributed by atoms with Crippen molar-refractivity contribution in [3.63, 3.8) is 0 Å². The van der Waals surface area contributed by atoms with Crippen molar-refractivity contribution >= 4 is 23.0 Å². The van der Waals surface area contributed by atoms with Crippen LogP contribution in [0.15, 0.2) is 73.1 Å². The molecule has 0 aliphatic rings. The zero-order chi connectivity index (χ0) is 20.2. The fraction of sp³-hybridized carbons (Fsp3) is 0.0909. The second-order valence-electron chi connectivity index (χ2n) is 6.56. The number of imidazole rings is 1. The molecule has 0 aliphatic heterocycles. The first kappa shape index (κ1) is 18.4. The smallest absolute Gasteiger partial charge is 0.288 e. The van der Waals surface area contributed by atoms with Gasteiger partial charge >= 0.3 is 0 Å². The Morgan fingerprint density at radius 2 is 1.76 bits per heavy atom. The SMILES string of the molecule is Cc1ccc(NC(=O)c2nc(C(=O)NCc3ccccn3)n3ccccc23)cc1. The Morgan fingerprint density at radius 1 is 0.966 bits per heavy atom. The summed E-state index contributed by atoms with van der Waals surface area (Å²) in [6, 6.07) is 18.3. The van der Waals surface area contributed by atoms with Crippen molar-refractivity contribution in [1.29, 1.82) is 0 Å². The highest BCUT2D eigenvalue weighted by Gasteiger charge is 2.21. The van der Waals surface area contributed by atoms with Gasteiger partial charge in [0.1, 0.15) is 0 Å². The molecule has 0 unspecified atom stereocenters. The summed E-state index contributed by atoms with van der Waals surface area (Å²) in [4.78, 5) is 34.0. The highest BCUT2D eigenvalue weighted by Crippen LogP contribution is 2.16. The molecule has 2 N–H and O–H groups in total. The Bertz CT molecular complexity index is 1170. The van der Waals surface area contributed by atoms with Gasteiger partial charge in [-0.05, 0) is 43.3 Å². The first-order valence-electron chi connectivity index (χ1n) is 9.15. The van der Waals surface area contributed by atoms with Gasteiger partial charge in [0.15, 0.2) is 5.69 Å². The minimum absolute atomic E-state index is 0.144. The summed E-state index contributed by atoms with van der Waals surface area (Å²) in [6.45, 7) is 2.25. The molecule has 3 aromatic heterocycles. The van der Waals surface area contributed by atoms with E-state index in [1.54, 1.807) is 35.0 Å². The number of aromatic nitrogens is 3. The zero-order valence-corrected chi connectivity index (χ0v) is 15.8. The molecular formula is C22H19N5O2. The van der Waals surface area contributed by atoms with E-state index in [1.165, 1.54) is 0 Å². The molecule has 0 atom stereocenters. The minimum atomic E-state index is -0.383. The quantitative estimate of drug-likeness (QED) is 0.552. The Kier molecular flexibility index (Phi) is 5.03. The minimum Gasteiger partial charge on any atom is -0.344 e. The topological polar surface area (TPSA) is 88.4 Å². The molecule has 0 saturated carbocycles. The Balaban J connectivity index is 1.60. The van der Waals surface area contributed by atoms with Gasteiger partial charge in [0.2, 0.25) is 5.82 Å². The number of amides is 2. The number of nitrogens with zero attached hydrogens (tertiary/aromatic N) is 3. The monoisotopic (exact) mass is 385 g/mol. The first-order valence-corrected chi connectivity index (χ1v) is 9.15. The van der Waals surface area contributed by atoms with Crippen LogP contribution in [0, 0.1) is 6.92 Å². The molecule has 7 heteroatoms. The van der Waals surface area contributed by atoms with Crippen LogP contribution in [0.25, 0.3) is 5.52 Å². The van der Waals surface area contributed by atoms with Crippen molar-refractivity contribution in [3.8, 4) is 0 Å². The summed E-state index contributed by atoms with van der Waals surface area (Å²) >= 11 is 0. The van der Waals surface area contributed by atoms with Crippen LogP contribution in [0.3, 0.4) is 0 Å². The van der Waals surface area contributed by atoms with E-state index >= 15 is 0 Å². The number of nitrogens with one attached hydrogen (secondary N) is 2. The van der Waals surface area contributed by atoms with Crippen LogP contribution in [-0.2, 0) is 6.54 Å². The molecule has 29 heavy (non-hydrogen) atoms. The maximum Gasteiger partial charge on any atom is 0.288 e. The number of anilines is 1. The number of pyridine rings is 2. The van der Waals surface area contributed by atoms with Crippen LogP contribution in [0.5, 0.6) is 0 Å². The summed E-state index contributed by atoms with van der Waals surface area (Å²) in [6.07, 6.45) is 3.38. The van der Waals surface area contributed by atoms with E-state index in [9.17, 15) is 9.59 Å². The molecule has 4 aromatic rings. The maximum absolute atomic E-state index is 12.8. The predicted octanol–water partition coefficient (Wildman–Crippen LogP) is 3.22. The lowest BCUT2D eigenvalue weighted by atomic mass is 10.2. The van der Waals surface area contributed by atoms with E-state index in [0.29, 0.717) is 11.2 Å². The van der Waals surface area contributed by atoms with Crippen LogP contribution < -0.4 is 10.6 Å². The summed E-state index contributed by atoms with van der Waals surface area (Å²) < 4.78 is 1.61. The number of benzene rings is 1. The summed E-state index contributed by atoms with van der Waals surface area (Å²) in [5.74, 6) is -0.613. The summed E-state index contributed by atoms with van der Waals surface area (Å²) in [5, 5.41) is 5.63.